The van der Waals surface area contributed by atoms with E-state index in [1.807, 2.05) is 6.92 Å². The van der Waals surface area contributed by atoms with E-state index in [1.54, 1.807) is 32.0 Å². The number of aromatic nitrogens is 2. The molecule has 1 N–H and O–H groups in total. The van der Waals surface area contributed by atoms with E-state index >= 15 is 0 Å². The van der Waals surface area contributed by atoms with E-state index in [9.17, 15) is 9.59 Å². The van der Waals surface area contributed by atoms with Gasteiger partial charge in [-0.05, 0) is 38.5 Å². The van der Waals surface area contributed by atoms with Gasteiger partial charge in [0.2, 0.25) is 0 Å². The summed E-state index contributed by atoms with van der Waals surface area (Å²) >= 11 is 6.09. The Morgan fingerprint density at radius 1 is 1.33 bits per heavy atom. The standard InChI is InChI=1S/C15H15ClN2O3/c1-8-4-5-11(6-13(8)16)18-10(3)12(7-14(19)20)9(2)17-15(18)21/h4-6H,7H2,1-3H3,(H,19,20). The van der Waals surface area contributed by atoms with Crippen molar-refractivity contribution in [2.24, 2.45) is 0 Å². The van der Waals surface area contributed by atoms with Crippen molar-refractivity contribution in [2.45, 2.75) is 27.2 Å². The Morgan fingerprint density at radius 2 is 2.00 bits per heavy atom. The normalized spacial score (nSPS) is 10.7. The zero-order valence-electron chi connectivity index (χ0n) is 12.0. The maximum absolute atomic E-state index is 12.2. The number of carboxylic acid groups (broad SMARTS) is 1. The molecule has 0 atom stereocenters. The van der Waals surface area contributed by atoms with Gasteiger partial charge in [-0.2, -0.15) is 4.98 Å². The highest BCUT2D eigenvalue weighted by atomic mass is 35.5. The third kappa shape index (κ3) is 2.97. The second kappa shape index (κ2) is 5.69. The molecular formula is C15H15ClN2O3. The number of hydrogen-bond acceptors (Lipinski definition) is 3. The van der Waals surface area contributed by atoms with E-state index in [-0.39, 0.29) is 6.42 Å². The number of nitrogens with zero attached hydrogens (tertiary/aromatic N) is 2. The molecule has 21 heavy (non-hydrogen) atoms. The van der Waals surface area contributed by atoms with Gasteiger partial charge in [0.15, 0.2) is 0 Å². The van der Waals surface area contributed by atoms with Crippen LogP contribution in [0.4, 0.5) is 0 Å². The van der Waals surface area contributed by atoms with Crippen molar-refractivity contribution in [3.8, 4) is 5.69 Å². The Labute approximate surface area is 126 Å². The zero-order valence-corrected chi connectivity index (χ0v) is 12.7. The number of benzene rings is 1. The Kier molecular flexibility index (Phi) is 4.14. The van der Waals surface area contributed by atoms with E-state index < -0.39 is 11.7 Å². The van der Waals surface area contributed by atoms with Crippen molar-refractivity contribution in [3.05, 3.63) is 56.2 Å². The van der Waals surface area contributed by atoms with Crippen LogP contribution in [0, 0.1) is 20.8 Å². The molecule has 1 aromatic carbocycles. The number of halogens is 1. The van der Waals surface area contributed by atoms with Crippen LogP contribution in [0.25, 0.3) is 5.69 Å². The molecule has 5 nitrogen and oxygen atoms in total. The first-order valence-corrected chi connectivity index (χ1v) is 6.76. The van der Waals surface area contributed by atoms with Crippen molar-refractivity contribution in [1.82, 2.24) is 9.55 Å². The lowest BCUT2D eigenvalue weighted by Gasteiger charge is -2.15. The molecule has 0 saturated carbocycles. The molecule has 2 rings (SSSR count). The Hall–Kier alpha value is -2.14. The van der Waals surface area contributed by atoms with Crippen LogP contribution in [0.15, 0.2) is 23.0 Å². The first kappa shape index (κ1) is 15.3. The molecular weight excluding hydrogens is 292 g/mol. The summed E-state index contributed by atoms with van der Waals surface area (Å²) < 4.78 is 1.39. The Bertz CT molecular complexity index is 781. The van der Waals surface area contributed by atoms with Crippen molar-refractivity contribution in [1.29, 1.82) is 0 Å². The molecule has 1 heterocycles. The van der Waals surface area contributed by atoms with Gasteiger partial charge in [-0.3, -0.25) is 9.36 Å². The smallest absolute Gasteiger partial charge is 0.352 e. The summed E-state index contributed by atoms with van der Waals surface area (Å²) in [4.78, 5) is 27.0. The number of hydrogen-bond donors (Lipinski definition) is 1. The highest BCUT2D eigenvalue weighted by Gasteiger charge is 2.15. The summed E-state index contributed by atoms with van der Waals surface area (Å²) in [6, 6.07) is 5.24. The van der Waals surface area contributed by atoms with Crippen molar-refractivity contribution >= 4 is 17.6 Å². The number of aliphatic carboxylic acids is 1. The summed E-state index contributed by atoms with van der Waals surface area (Å²) in [5.41, 5.74) is 2.58. The summed E-state index contributed by atoms with van der Waals surface area (Å²) in [5.74, 6) is -0.963. The molecule has 0 spiro atoms. The molecule has 0 aliphatic carbocycles. The van der Waals surface area contributed by atoms with Gasteiger partial charge in [-0.25, -0.2) is 4.79 Å². The number of carbonyl (C=O) groups is 1. The number of carboxylic acids is 1. The van der Waals surface area contributed by atoms with Gasteiger partial charge < -0.3 is 5.11 Å². The second-order valence-corrected chi connectivity index (χ2v) is 5.29. The van der Waals surface area contributed by atoms with Crippen LogP contribution in [0.5, 0.6) is 0 Å². The molecule has 0 saturated heterocycles. The molecule has 0 bridgehead atoms. The van der Waals surface area contributed by atoms with Gasteiger partial charge >= 0.3 is 11.7 Å². The number of aryl methyl sites for hydroxylation is 2. The van der Waals surface area contributed by atoms with Crippen molar-refractivity contribution in [3.63, 3.8) is 0 Å². The average molecular weight is 307 g/mol. The minimum Gasteiger partial charge on any atom is -0.481 e. The van der Waals surface area contributed by atoms with Gasteiger partial charge in [0.1, 0.15) is 0 Å². The summed E-state index contributed by atoms with van der Waals surface area (Å²) in [6.07, 6.45) is -0.176. The Morgan fingerprint density at radius 3 is 2.57 bits per heavy atom. The third-order valence-corrected chi connectivity index (χ3v) is 3.81. The van der Waals surface area contributed by atoms with E-state index in [0.717, 1.165) is 5.56 Å². The van der Waals surface area contributed by atoms with E-state index in [2.05, 4.69) is 4.98 Å². The molecule has 0 unspecified atom stereocenters. The van der Waals surface area contributed by atoms with Gasteiger partial charge in [-0.1, -0.05) is 17.7 Å². The van der Waals surface area contributed by atoms with Gasteiger partial charge in [0.25, 0.3) is 0 Å². The van der Waals surface area contributed by atoms with E-state index in [4.69, 9.17) is 16.7 Å². The molecule has 0 radical (unpaired) electrons. The fourth-order valence-corrected chi connectivity index (χ4v) is 2.41. The van der Waals surface area contributed by atoms with Gasteiger partial charge in [-0.15, -0.1) is 0 Å². The lowest BCUT2D eigenvalue weighted by atomic mass is 10.1. The van der Waals surface area contributed by atoms with Crippen LogP contribution < -0.4 is 5.69 Å². The SMILES string of the molecule is Cc1ccc(-n2c(C)c(CC(=O)O)c(C)nc2=O)cc1Cl. The molecule has 0 amide bonds. The summed E-state index contributed by atoms with van der Waals surface area (Å²) in [5, 5.41) is 9.53. The van der Waals surface area contributed by atoms with Crippen LogP contribution in [0.1, 0.15) is 22.5 Å². The molecule has 0 aliphatic rings. The predicted octanol–water partition coefficient (Wildman–Crippen LogP) is 2.44. The van der Waals surface area contributed by atoms with Gasteiger partial charge in [0, 0.05) is 22.0 Å². The average Bonchev–Trinajstić information content (AvgIpc) is 2.38. The maximum atomic E-state index is 12.2. The largest absolute Gasteiger partial charge is 0.481 e. The monoisotopic (exact) mass is 306 g/mol. The fourth-order valence-electron chi connectivity index (χ4n) is 2.23. The van der Waals surface area contributed by atoms with Gasteiger partial charge in [0.05, 0.1) is 12.1 Å². The number of rotatable bonds is 3. The summed E-state index contributed by atoms with van der Waals surface area (Å²) in [7, 11) is 0. The molecule has 110 valence electrons. The highest BCUT2D eigenvalue weighted by Crippen LogP contribution is 2.21. The van der Waals surface area contributed by atoms with Crippen LogP contribution in [-0.4, -0.2) is 20.6 Å². The minimum absolute atomic E-state index is 0.176. The van der Waals surface area contributed by atoms with Crippen molar-refractivity contribution in [2.75, 3.05) is 0 Å². The van der Waals surface area contributed by atoms with Crippen LogP contribution in [0.2, 0.25) is 5.02 Å². The third-order valence-electron chi connectivity index (χ3n) is 3.41. The molecule has 1 aromatic heterocycles. The maximum Gasteiger partial charge on any atom is 0.352 e. The van der Waals surface area contributed by atoms with Crippen molar-refractivity contribution < 1.29 is 9.90 Å². The topological polar surface area (TPSA) is 72.2 Å². The van der Waals surface area contributed by atoms with Crippen LogP contribution in [-0.2, 0) is 11.2 Å². The Balaban J connectivity index is 2.71. The minimum atomic E-state index is -0.963. The van der Waals surface area contributed by atoms with E-state index in [0.29, 0.717) is 27.7 Å². The molecule has 2 aromatic rings. The zero-order chi connectivity index (χ0) is 15.7. The highest BCUT2D eigenvalue weighted by molar-refractivity contribution is 6.31. The van der Waals surface area contributed by atoms with Crippen LogP contribution in [0.3, 0.4) is 0 Å². The quantitative estimate of drug-likeness (QED) is 0.945. The first-order chi connectivity index (χ1) is 9.81. The second-order valence-electron chi connectivity index (χ2n) is 4.88. The summed E-state index contributed by atoms with van der Waals surface area (Å²) in [6.45, 7) is 5.21. The molecule has 6 heteroatoms. The lowest BCUT2D eigenvalue weighted by molar-refractivity contribution is -0.136. The fraction of sp³-hybridized carbons (Fsp3) is 0.267. The molecule has 0 fully saturated rings. The molecule has 0 aliphatic heterocycles. The lowest BCUT2D eigenvalue weighted by Crippen LogP contribution is -2.27. The van der Waals surface area contributed by atoms with E-state index in [1.165, 1.54) is 4.57 Å². The first-order valence-electron chi connectivity index (χ1n) is 6.38. The predicted molar refractivity (Wildman–Crippen MR) is 80.4 cm³/mol. The van der Waals surface area contributed by atoms with Crippen LogP contribution >= 0.6 is 11.6 Å².